The summed E-state index contributed by atoms with van der Waals surface area (Å²) in [5, 5.41) is 1.10. The number of ether oxygens (including phenoxy) is 2. The number of benzene rings is 2. The number of Topliss-reactive ketones (excluding diaryl/α,β-unsaturated/α-hetero) is 1. The van der Waals surface area contributed by atoms with Crippen molar-refractivity contribution in [2.45, 2.75) is 32.8 Å². The average Bonchev–Trinajstić information content (AvgIpc) is 2.74. The predicted molar refractivity (Wildman–Crippen MR) is 110 cm³/mol. The lowest BCUT2D eigenvalue weighted by molar-refractivity contribution is 0.0998. The molecule has 1 aliphatic heterocycles. The molecule has 4 nitrogen and oxygen atoms in total. The number of fused-ring (bicyclic) bond motifs is 2. The number of allylic oxidation sites excluding steroid dienone is 1. The normalized spacial score (nSPS) is 14.8. The maximum absolute atomic E-state index is 12.8. The van der Waals surface area contributed by atoms with Crippen LogP contribution in [0.4, 0.5) is 0 Å². The first-order chi connectivity index (χ1) is 13.7. The number of carbonyl (C=O) groups excluding carboxylic acids is 1. The molecule has 4 heteroatoms. The number of aromatic nitrogens is 1. The van der Waals surface area contributed by atoms with E-state index < -0.39 is 0 Å². The average molecular weight is 373 g/mol. The third-order valence-corrected chi connectivity index (χ3v) is 4.86. The molecular weight excluding hydrogens is 350 g/mol. The van der Waals surface area contributed by atoms with Gasteiger partial charge in [0.1, 0.15) is 24.7 Å². The first kappa shape index (κ1) is 18.2. The van der Waals surface area contributed by atoms with Crippen LogP contribution in [-0.4, -0.2) is 17.4 Å². The lowest BCUT2D eigenvalue weighted by Gasteiger charge is -2.19. The van der Waals surface area contributed by atoms with Gasteiger partial charge in [-0.2, -0.15) is 0 Å². The molecule has 142 valence electrons. The van der Waals surface area contributed by atoms with Crippen molar-refractivity contribution in [3.05, 3.63) is 77.5 Å². The minimum atomic E-state index is 0.0339. The van der Waals surface area contributed by atoms with Gasteiger partial charge in [0.05, 0.1) is 16.8 Å². The first-order valence-corrected chi connectivity index (χ1v) is 9.72. The summed E-state index contributed by atoms with van der Waals surface area (Å²) in [6, 6.07) is 17.4. The van der Waals surface area contributed by atoms with Gasteiger partial charge in [0, 0.05) is 11.0 Å². The van der Waals surface area contributed by atoms with Gasteiger partial charge in [-0.1, -0.05) is 50.1 Å². The zero-order valence-electron chi connectivity index (χ0n) is 16.0. The molecule has 0 unspecified atom stereocenters. The Morgan fingerprint density at radius 2 is 2.04 bits per heavy atom. The van der Waals surface area contributed by atoms with Gasteiger partial charge in [0.25, 0.3) is 0 Å². The molecule has 0 saturated heterocycles. The molecule has 28 heavy (non-hydrogen) atoms. The second kappa shape index (κ2) is 8.26. The number of nitrogens with zero attached hydrogens (tertiary/aromatic N) is 1. The van der Waals surface area contributed by atoms with Gasteiger partial charge < -0.3 is 9.47 Å². The zero-order chi connectivity index (χ0) is 19.3. The molecule has 1 aromatic heterocycles. The minimum Gasteiger partial charge on any atom is -0.488 e. The molecule has 4 rings (SSSR count). The molecule has 2 aromatic carbocycles. The summed E-state index contributed by atoms with van der Waals surface area (Å²) in [4.78, 5) is 17.4. The van der Waals surface area contributed by atoms with Gasteiger partial charge >= 0.3 is 0 Å². The maximum Gasteiger partial charge on any atom is 0.195 e. The number of hydrogen-bond acceptors (Lipinski definition) is 4. The highest BCUT2D eigenvalue weighted by Gasteiger charge is 2.23. The van der Waals surface area contributed by atoms with Gasteiger partial charge in [0.15, 0.2) is 5.78 Å². The summed E-state index contributed by atoms with van der Waals surface area (Å²) < 4.78 is 11.6. The maximum atomic E-state index is 12.8. The number of rotatable bonds is 6. The lowest BCUT2D eigenvalue weighted by Crippen LogP contribution is -2.19. The van der Waals surface area contributed by atoms with E-state index in [1.54, 1.807) is 12.1 Å². The van der Waals surface area contributed by atoms with Gasteiger partial charge in [0.2, 0.25) is 0 Å². The van der Waals surface area contributed by atoms with Crippen molar-refractivity contribution >= 4 is 16.7 Å². The number of ketones is 1. The molecule has 0 amide bonds. The van der Waals surface area contributed by atoms with Crippen LogP contribution in [0.15, 0.2) is 66.2 Å². The Bertz CT molecular complexity index is 1040. The van der Waals surface area contributed by atoms with Crippen LogP contribution in [0.5, 0.6) is 11.5 Å². The molecule has 0 radical (unpaired) electrons. The zero-order valence-corrected chi connectivity index (χ0v) is 16.0. The van der Waals surface area contributed by atoms with E-state index in [0.29, 0.717) is 30.3 Å². The van der Waals surface area contributed by atoms with Gasteiger partial charge in [-0.15, -0.1) is 0 Å². The summed E-state index contributed by atoms with van der Waals surface area (Å²) in [6.45, 7) is 2.83. The van der Waals surface area contributed by atoms with Crippen LogP contribution < -0.4 is 9.47 Å². The van der Waals surface area contributed by atoms with Crippen molar-refractivity contribution in [1.82, 2.24) is 4.98 Å². The molecule has 0 N–H and O–H groups in total. The summed E-state index contributed by atoms with van der Waals surface area (Å²) in [6.07, 6.45) is 5.09. The molecule has 1 aliphatic rings. The third kappa shape index (κ3) is 3.91. The standard InChI is InChI=1S/C24H23NO3/c1-2-3-4-8-18-15-28-23-13-12-20(14-21(23)24(18)26)27-16-19-11-10-17-7-5-6-9-22(17)25-19/h5-14H,2-4,15-16H2,1H3. The minimum absolute atomic E-state index is 0.0339. The topological polar surface area (TPSA) is 48.4 Å². The van der Waals surface area contributed by atoms with Crippen molar-refractivity contribution in [3.8, 4) is 11.5 Å². The van der Waals surface area contributed by atoms with Gasteiger partial charge in [-0.3, -0.25) is 4.79 Å². The monoisotopic (exact) mass is 373 g/mol. The van der Waals surface area contributed by atoms with Crippen molar-refractivity contribution < 1.29 is 14.3 Å². The van der Waals surface area contributed by atoms with E-state index in [2.05, 4.69) is 11.9 Å². The highest BCUT2D eigenvalue weighted by molar-refractivity contribution is 6.11. The molecule has 0 bridgehead atoms. The largest absolute Gasteiger partial charge is 0.488 e. The quantitative estimate of drug-likeness (QED) is 0.422. The SMILES string of the molecule is CCCCC=C1COc2ccc(OCc3ccc4ccccc4n3)cc2C1=O. The number of carbonyl (C=O) groups is 1. The summed E-state index contributed by atoms with van der Waals surface area (Å²) >= 11 is 0. The third-order valence-electron chi connectivity index (χ3n) is 4.86. The Morgan fingerprint density at radius 1 is 1.14 bits per heavy atom. The first-order valence-electron chi connectivity index (χ1n) is 9.72. The van der Waals surface area contributed by atoms with E-state index in [0.717, 1.165) is 41.4 Å². The second-order valence-corrected chi connectivity index (χ2v) is 6.93. The summed E-state index contributed by atoms with van der Waals surface area (Å²) in [5.41, 5.74) is 3.09. The fourth-order valence-electron chi connectivity index (χ4n) is 3.27. The molecule has 0 atom stereocenters. The van der Waals surface area contributed by atoms with Crippen LogP contribution >= 0.6 is 0 Å². The number of unbranched alkanes of at least 4 members (excludes halogenated alkanes) is 2. The van der Waals surface area contributed by atoms with Crippen LogP contribution in [0, 0.1) is 0 Å². The number of para-hydroxylation sites is 1. The number of hydrogen-bond donors (Lipinski definition) is 0. The van der Waals surface area contributed by atoms with Crippen LogP contribution in [0.2, 0.25) is 0 Å². The van der Waals surface area contributed by atoms with Crippen molar-refractivity contribution in [2.24, 2.45) is 0 Å². The lowest BCUT2D eigenvalue weighted by atomic mass is 9.99. The van der Waals surface area contributed by atoms with Crippen molar-refractivity contribution in [1.29, 1.82) is 0 Å². The molecule has 3 aromatic rings. The fraction of sp³-hybridized carbons (Fsp3) is 0.250. The summed E-state index contributed by atoms with van der Waals surface area (Å²) in [5.74, 6) is 1.29. The second-order valence-electron chi connectivity index (χ2n) is 6.93. The Kier molecular flexibility index (Phi) is 5.38. The fourth-order valence-corrected chi connectivity index (χ4v) is 3.27. The van der Waals surface area contributed by atoms with Crippen LogP contribution in [0.3, 0.4) is 0 Å². The molecule has 0 spiro atoms. The Labute approximate surface area is 164 Å². The molecule has 0 fully saturated rings. The Hall–Kier alpha value is -3.14. The van der Waals surface area contributed by atoms with Crippen molar-refractivity contribution in [2.75, 3.05) is 6.61 Å². The molecule has 0 aliphatic carbocycles. The Balaban J connectivity index is 1.49. The van der Waals surface area contributed by atoms with Crippen molar-refractivity contribution in [3.63, 3.8) is 0 Å². The highest BCUT2D eigenvalue weighted by Crippen LogP contribution is 2.31. The van der Waals surface area contributed by atoms with E-state index in [1.807, 2.05) is 48.5 Å². The van der Waals surface area contributed by atoms with E-state index in [1.165, 1.54) is 0 Å². The number of pyridine rings is 1. The van der Waals surface area contributed by atoms with Crippen LogP contribution in [0.25, 0.3) is 10.9 Å². The van der Waals surface area contributed by atoms with E-state index in [9.17, 15) is 4.79 Å². The van der Waals surface area contributed by atoms with E-state index in [4.69, 9.17) is 9.47 Å². The van der Waals surface area contributed by atoms with Gasteiger partial charge in [-0.05, 0) is 36.8 Å². The molecular formula is C24H23NO3. The molecule has 0 saturated carbocycles. The van der Waals surface area contributed by atoms with Crippen LogP contribution in [-0.2, 0) is 6.61 Å². The van der Waals surface area contributed by atoms with E-state index >= 15 is 0 Å². The van der Waals surface area contributed by atoms with E-state index in [-0.39, 0.29) is 5.78 Å². The molecule has 2 heterocycles. The van der Waals surface area contributed by atoms with Crippen LogP contribution in [0.1, 0.15) is 42.2 Å². The summed E-state index contributed by atoms with van der Waals surface area (Å²) in [7, 11) is 0. The smallest absolute Gasteiger partial charge is 0.195 e. The Morgan fingerprint density at radius 3 is 2.93 bits per heavy atom. The van der Waals surface area contributed by atoms with Gasteiger partial charge in [-0.25, -0.2) is 4.98 Å². The highest BCUT2D eigenvalue weighted by atomic mass is 16.5. The predicted octanol–water partition coefficient (Wildman–Crippen LogP) is 5.51.